The van der Waals surface area contributed by atoms with Gasteiger partial charge in [0.15, 0.2) is 23.2 Å². The smallest absolute Gasteiger partial charge is 0.167 e. The number of nitrogen functional groups attached to an aromatic ring is 1. The Morgan fingerprint density at radius 1 is 1.00 bits per heavy atom. The van der Waals surface area contributed by atoms with Gasteiger partial charge in [-0.3, -0.25) is 0 Å². The third-order valence-corrected chi connectivity index (χ3v) is 2.49. The van der Waals surface area contributed by atoms with E-state index < -0.39 is 23.1 Å². The predicted octanol–water partition coefficient (Wildman–Crippen LogP) is 3.44. The van der Waals surface area contributed by atoms with Crippen LogP contribution in [0.25, 0.3) is 0 Å². The average molecular weight is 268 g/mol. The van der Waals surface area contributed by atoms with E-state index in [9.17, 15) is 13.2 Å². The minimum Gasteiger partial charge on any atom is -0.494 e. The molecule has 2 aromatic carbocycles. The highest BCUT2D eigenvalue weighted by molar-refractivity contribution is 5.64. The Balaban J connectivity index is 2.34. The van der Waals surface area contributed by atoms with Crippen molar-refractivity contribution in [3.05, 3.63) is 47.8 Å². The lowest BCUT2D eigenvalue weighted by Gasteiger charge is -2.10. The zero-order chi connectivity index (χ0) is 14.0. The van der Waals surface area contributed by atoms with Crippen molar-refractivity contribution >= 4 is 17.1 Å². The number of benzene rings is 2. The highest BCUT2D eigenvalue weighted by Gasteiger charge is 2.11. The fourth-order valence-electron chi connectivity index (χ4n) is 1.60. The first kappa shape index (κ1) is 13.1. The van der Waals surface area contributed by atoms with Crippen molar-refractivity contribution in [3.63, 3.8) is 0 Å². The molecule has 0 atom stereocenters. The molecule has 0 saturated heterocycles. The van der Waals surface area contributed by atoms with E-state index in [4.69, 9.17) is 10.5 Å². The molecular weight excluding hydrogens is 257 g/mol. The fraction of sp³-hybridized carbons (Fsp3) is 0.0769. The Morgan fingerprint density at radius 2 is 1.63 bits per heavy atom. The van der Waals surface area contributed by atoms with Crippen LogP contribution in [0.15, 0.2) is 30.3 Å². The molecule has 6 heteroatoms. The summed E-state index contributed by atoms with van der Waals surface area (Å²) in [5.74, 6) is -2.30. The first-order chi connectivity index (χ1) is 9.01. The lowest BCUT2D eigenvalue weighted by molar-refractivity contribution is 0.386. The molecule has 0 spiro atoms. The predicted molar refractivity (Wildman–Crippen MR) is 67.0 cm³/mol. The van der Waals surface area contributed by atoms with E-state index in [-0.39, 0.29) is 17.1 Å². The van der Waals surface area contributed by atoms with Gasteiger partial charge in [-0.05, 0) is 24.3 Å². The van der Waals surface area contributed by atoms with E-state index >= 15 is 0 Å². The summed E-state index contributed by atoms with van der Waals surface area (Å²) in [6.07, 6.45) is 0. The van der Waals surface area contributed by atoms with Gasteiger partial charge in [-0.2, -0.15) is 0 Å². The molecule has 0 unspecified atom stereocenters. The molecule has 3 N–H and O–H groups in total. The van der Waals surface area contributed by atoms with Crippen LogP contribution in [0.3, 0.4) is 0 Å². The summed E-state index contributed by atoms with van der Waals surface area (Å²) in [6, 6.07) is 5.83. The average Bonchev–Trinajstić information content (AvgIpc) is 2.34. The van der Waals surface area contributed by atoms with Gasteiger partial charge in [-0.15, -0.1) is 0 Å². The molecule has 0 radical (unpaired) electrons. The van der Waals surface area contributed by atoms with Crippen LogP contribution in [0.4, 0.5) is 30.2 Å². The van der Waals surface area contributed by atoms with Gasteiger partial charge in [0.05, 0.1) is 7.11 Å². The lowest BCUT2D eigenvalue weighted by atomic mass is 10.2. The Bertz CT molecular complexity index is 594. The summed E-state index contributed by atoms with van der Waals surface area (Å²) >= 11 is 0. The minimum absolute atomic E-state index is 0.0264. The minimum atomic E-state index is -0.853. The second-order valence-electron chi connectivity index (χ2n) is 3.83. The van der Waals surface area contributed by atoms with Crippen LogP contribution in [0, 0.1) is 17.5 Å². The van der Waals surface area contributed by atoms with Crippen molar-refractivity contribution in [1.29, 1.82) is 0 Å². The van der Waals surface area contributed by atoms with Crippen molar-refractivity contribution in [1.82, 2.24) is 0 Å². The standard InChI is InChI=1S/C13H11F3N2O/c1-19-12-3-2-8(6-9(12)14)18-13-10(15)4-7(17)5-11(13)16/h2-6,18H,17H2,1H3. The van der Waals surface area contributed by atoms with Gasteiger partial charge in [0.1, 0.15) is 5.69 Å². The van der Waals surface area contributed by atoms with Crippen LogP contribution in [0.2, 0.25) is 0 Å². The zero-order valence-electron chi connectivity index (χ0n) is 10.0. The van der Waals surface area contributed by atoms with Gasteiger partial charge in [0.2, 0.25) is 0 Å². The van der Waals surface area contributed by atoms with Crippen molar-refractivity contribution in [2.45, 2.75) is 0 Å². The van der Waals surface area contributed by atoms with E-state index in [0.29, 0.717) is 0 Å². The summed E-state index contributed by atoms with van der Waals surface area (Å²) in [5.41, 5.74) is 5.08. The molecule has 0 aliphatic carbocycles. The van der Waals surface area contributed by atoms with Gasteiger partial charge in [0.25, 0.3) is 0 Å². The van der Waals surface area contributed by atoms with E-state index in [1.165, 1.54) is 19.2 Å². The summed E-state index contributed by atoms with van der Waals surface area (Å²) in [4.78, 5) is 0. The summed E-state index contributed by atoms with van der Waals surface area (Å²) in [6.45, 7) is 0. The second kappa shape index (κ2) is 5.09. The second-order valence-corrected chi connectivity index (χ2v) is 3.83. The summed E-state index contributed by atoms with van der Waals surface area (Å²) in [7, 11) is 1.32. The van der Waals surface area contributed by atoms with Gasteiger partial charge in [-0.25, -0.2) is 13.2 Å². The Labute approximate surface area is 107 Å². The number of hydrogen-bond acceptors (Lipinski definition) is 3. The van der Waals surface area contributed by atoms with E-state index in [0.717, 1.165) is 18.2 Å². The maximum atomic E-state index is 13.5. The number of rotatable bonds is 3. The first-order valence-corrected chi connectivity index (χ1v) is 5.36. The van der Waals surface area contributed by atoms with E-state index in [2.05, 4.69) is 5.32 Å². The van der Waals surface area contributed by atoms with Crippen LogP contribution in [-0.4, -0.2) is 7.11 Å². The van der Waals surface area contributed by atoms with Gasteiger partial charge in [-0.1, -0.05) is 0 Å². The number of halogens is 3. The van der Waals surface area contributed by atoms with Gasteiger partial charge >= 0.3 is 0 Å². The third kappa shape index (κ3) is 2.73. The molecule has 0 amide bonds. The molecule has 0 fully saturated rings. The zero-order valence-corrected chi connectivity index (χ0v) is 10.0. The maximum Gasteiger partial charge on any atom is 0.167 e. The van der Waals surface area contributed by atoms with Crippen LogP contribution in [-0.2, 0) is 0 Å². The van der Waals surface area contributed by atoms with Crippen molar-refractivity contribution in [2.75, 3.05) is 18.2 Å². The molecular formula is C13H11F3N2O. The van der Waals surface area contributed by atoms with Crippen LogP contribution in [0.1, 0.15) is 0 Å². The number of hydrogen-bond donors (Lipinski definition) is 2. The molecule has 2 aromatic rings. The monoisotopic (exact) mass is 268 g/mol. The third-order valence-electron chi connectivity index (χ3n) is 2.49. The summed E-state index contributed by atoms with van der Waals surface area (Å²) in [5, 5.41) is 2.46. The van der Waals surface area contributed by atoms with Crippen molar-refractivity contribution < 1.29 is 17.9 Å². The van der Waals surface area contributed by atoms with Crippen LogP contribution < -0.4 is 15.8 Å². The Morgan fingerprint density at radius 3 is 2.16 bits per heavy atom. The molecule has 19 heavy (non-hydrogen) atoms. The SMILES string of the molecule is COc1ccc(Nc2c(F)cc(N)cc2F)cc1F. The molecule has 0 aliphatic heterocycles. The quantitative estimate of drug-likeness (QED) is 0.838. The van der Waals surface area contributed by atoms with Crippen LogP contribution in [0.5, 0.6) is 5.75 Å². The highest BCUT2D eigenvalue weighted by atomic mass is 19.1. The van der Waals surface area contributed by atoms with Gasteiger partial charge in [0, 0.05) is 17.4 Å². The molecule has 0 aliphatic rings. The topological polar surface area (TPSA) is 47.3 Å². The van der Waals surface area contributed by atoms with E-state index in [1.54, 1.807) is 0 Å². The molecule has 0 saturated carbocycles. The summed E-state index contributed by atoms with van der Waals surface area (Å²) < 4.78 is 45.3. The van der Waals surface area contributed by atoms with Gasteiger partial charge < -0.3 is 15.8 Å². The largest absolute Gasteiger partial charge is 0.494 e. The number of ether oxygens (including phenoxy) is 1. The normalized spacial score (nSPS) is 10.3. The fourth-order valence-corrected chi connectivity index (χ4v) is 1.60. The molecule has 0 aromatic heterocycles. The highest BCUT2D eigenvalue weighted by Crippen LogP contribution is 2.28. The molecule has 0 bridgehead atoms. The first-order valence-electron chi connectivity index (χ1n) is 5.36. The lowest BCUT2D eigenvalue weighted by Crippen LogP contribution is -2.00. The molecule has 3 nitrogen and oxygen atoms in total. The molecule has 100 valence electrons. The number of nitrogens with one attached hydrogen (secondary N) is 1. The van der Waals surface area contributed by atoms with Crippen LogP contribution >= 0.6 is 0 Å². The molecule has 0 heterocycles. The molecule has 2 rings (SSSR count). The number of methoxy groups -OCH3 is 1. The number of nitrogens with two attached hydrogens (primary N) is 1. The maximum absolute atomic E-state index is 13.5. The Hall–Kier alpha value is -2.37. The van der Waals surface area contributed by atoms with Crippen molar-refractivity contribution in [2.24, 2.45) is 0 Å². The van der Waals surface area contributed by atoms with E-state index in [1.807, 2.05) is 0 Å². The number of anilines is 3. The van der Waals surface area contributed by atoms with Crippen molar-refractivity contribution in [3.8, 4) is 5.75 Å². The Kier molecular flexibility index (Phi) is 3.50.